The molecule has 0 aliphatic rings. The van der Waals surface area contributed by atoms with Crippen LogP contribution in [0.25, 0.3) is 11.0 Å². The lowest BCUT2D eigenvalue weighted by molar-refractivity contribution is 0.0996. The van der Waals surface area contributed by atoms with E-state index in [2.05, 4.69) is 4.99 Å². The molecule has 0 bridgehead atoms. The summed E-state index contributed by atoms with van der Waals surface area (Å²) in [5.74, 6) is -0.0272. The lowest BCUT2D eigenvalue weighted by Gasteiger charge is -2.06. The van der Waals surface area contributed by atoms with Gasteiger partial charge in [0.25, 0.3) is 5.91 Å². The zero-order valence-corrected chi connectivity index (χ0v) is 14.1. The number of nitrogens with zero attached hydrogens (tertiary/aromatic N) is 1. The maximum absolute atomic E-state index is 11.8. The number of carbonyl (C=O) groups is 1. The van der Waals surface area contributed by atoms with Crippen molar-refractivity contribution in [1.29, 1.82) is 0 Å². The third-order valence-electron chi connectivity index (χ3n) is 3.53. The number of hydrogen-bond donors (Lipinski definition) is 1. The smallest absolute Gasteiger partial charge is 0.254 e. The highest BCUT2D eigenvalue weighted by molar-refractivity contribution is 7.98. The van der Waals surface area contributed by atoms with Gasteiger partial charge in [-0.1, -0.05) is 12.1 Å². The molecule has 2 N–H and O–H groups in total. The Morgan fingerprint density at radius 1 is 1.21 bits per heavy atom. The molecule has 1 heterocycles. The van der Waals surface area contributed by atoms with Crippen molar-refractivity contribution in [3.05, 3.63) is 59.6 Å². The van der Waals surface area contributed by atoms with Crippen LogP contribution in [0.5, 0.6) is 5.75 Å². The van der Waals surface area contributed by atoms with Crippen LogP contribution < -0.4 is 16.0 Å². The Kier molecular flexibility index (Phi) is 4.57. The normalized spacial score (nSPS) is 11.7. The number of para-hydroxylation sites is 1. The summed E-state index contributed by atoms with van der Waals surface area (Å²) in [6.45, 7) is 0. The predicted molar refractivity (Wildman–Crippen MR) is 94.7 cm³/mol. The van der Waals surface area contributed by atoms with Gasteiger partial charge in [-0.15, -0.1) is 11.8 Å². The first kappa shape index (κ1) is 16.1. The van der Waals surface area contributed by atoms with Crippen molar-refractivity contribution in [3.63, 3.8) is 0 Å². The van der Waals surface area contributed by atoms with Gasteiger partial charge in [0.05, 0.1) is 12.8 Å². The van der Waals surface area contributed by atoms with E-state index in [1.165, 1.54) is 0 Å². The Bertz CT molecular complexity index is 962. The Morgan fingerprint density at radius 2 is 1.96 bits per heavy atom. The minimum absolute atomic E-state index is 0.163. The van der Waals surface area contributed by atoms with Crippen molar-refractivity contribution in [1.82, 2.24) is 0 Å². The summed E-state index contributed by atoms with van der Waals surface area (Å²) in [6.07, 6.45) is 2.00. The van der Waals surface area contributed by atoms with E-state index in [1.807, 2.05) is 42.7 Å². The predicted octanol–water partition coefficient (Wildman–Crippen LogP) is 3.49. The lowest BCUT2D eigenvalue weighted by atomic mass is 10.1. The first-order chi connectivity index (χ1) is 11.6. The number of benzene rings is 2. The van der Waals surface area contributed by atoms with E-state index in [9.17, 15) is 4.79 Å². The number of carbonyl (C=O) groups excluding carboxylic acids is 1. The van der Waals surface area contributed by atoms with Crippen LogP contribution in [0.4, 0.5) is 5.69 Å². The van der Waals surface area contributed by atoms with Crippen LogP contribution in [-0.4, -0.2) is 19.3 Å². The van der Waals surface area contributed by atoms with E-state index in [1.54, 1.807) is 31.0 Å². The van der Waals surface area contributed by atoms with E-state index in [0.717, 1.165) is 10.3 Å². The fourth-order valence-corrected chi connectivity index (χ4v) is 2.73. The number of methoxy groups -OCH3 is 1. The number of amides is 1. The molecule has 1 aromatic heterocycles. The van der Waals surface area contributed by atoms with Gasteiger partial charge in [0.2, 0.25) is 5.55 Å². The number of hydrogen-bond acceptors (Lipinski definition) is 5. The number of fused-ring (bicyclic) bond motifs is 1. The summed E-state index contributed by atoms with van der Waals surface area (Å²) in [4.78, 5) is 17.3. The maximum Gasteiger partial charge on any atom is 0.254 e. The molecule has 5 nitrogen and oxygen atoms in total. The molecule has 0 spiro atoms. The van der Waals surface area contributed by atoms with Crippen molar-refractivity contribution in [2.24, 2.45) is 10.7 Å². The molecule has 0 saturated heterocycles. The summed E-state index contributed by atoms with van der Waals surface area (Å²) in [6, 6.07) is 14.7. The van der Waals surface area contributed by atoms with Gasteiger partial charge in [-0.3, -0.25) is 4.79 Å². The molecule has 0 aliphatic heterocycles. The summed E-state index contributed by atoms with van der Waals surface area (Å²) in [5.41, 5.74) is 7.06. The van der Waals surface area contributed by atoms with Gasteiger partial charge in [0, 0.05) is 10.3 Å². The zero-order valence-electron chi connectivity index (χ0n) is 13.3. The molecule has 3 aromatic rings. The summed E-state index contributed by atoms with van der Waals surface area (Å²) >= 11 is 1.64. The zero-order chi connectivity index (χ0) is 17.1. The fourth-order valence-electron chi connectivity index (χ4n) is 2.32. The van der Waals surface area contributed by atoms with Crippen LogP contribution in [0.1, 0.15) is 10.4 Å². The first-order valence-electron chi connectivity index (χ1n) is 7.22. The molecule has 24 heavy (non-hydrogen) atoms. The van der Waals surface area contributed by atoms with E-state index >= 15 is 0 Å². The Morgan fingerprint density at radius 3 is 2.58 bits per heavy atom. The van der Waals surface area contributed by atoms with Crippen molar-refractivity contribution in [2.75, 3.05) is 13.4 Å². The Hall–Kier alpha value is -2.73. The van der Waals surface area contributed by atoms with Crippen LogP contribution in [0.2, 0.25) is 0 Å². The fraction of sp³-hybridized carbons (Fsp3) is 0.111. The lowest BCUT2D eigenvalue weighted by Crippen LogP contribution is -2.21. The van der Waals surface area contributed by atoms with Crippen LogP contribution in [-0.2, 0) is 0 Å². The highest BCUT2D eigenvalue weighted by atomic mass is 32.2. The molecule has 3 rings (SSSR count). The van der Waals surface area contributed by atoms with Crippen LogP contribution in [0, 0.1) is 0 Å². The molecule has 2 aromatic carbocycles. The number of thioether (sulfide) groups is 1. The summed E-state index contributed by atoms with van der Waals surface area (Å²) in [5, 5.41) is 0.722. The number of nitrogens with two attached hydrogens (primary N) is 1. The minimum atomic E-state index is -0.594. The van der Waals surface area contributed by atoms with Crippen molar-refractivity contribution in [2.45, 2.75) is 4.90 Å². The van der Waals surface area contributed by atoms with Crippen molar-refractivity contribution in [3.8, 4) is 5.75 Å². The quantitative estimate of drug-likeness (QED) is 0.737. The van der Waals surface area contributed by atoms with E-state index in [0.29, 0.717) is 17.0 Å². The second-order valence-corrected chi connectivity index (χ2v) is 5.90. The summed E-state index contributed by atoms with van der Waals surface area (Å²) < 4.78 is 11.1. The third kappa shape index (κ3) is 3.14. The Labute approximate surface area is 143 Å². The molecule has 0 aliphatic carbocycles. The van der Waals surface area contributed by atoms with E-state index in [4.69, 9.17) is 14.9 Å². The minimum Gasteiger partial charge on any atom is -0.493 e. The standard InChI is InChI=1S/C18H16N2O3S/c1-22-15-5-3-4-11-10-14(17(19)21)18(23-16(11)15)20-12-6-8-13(24-2)9-7-12/h3-10H,1-2H3,(H2,19,21). The van der Waals surface area contributed by atoms with Gasteiger partial charge in [-0.05, 0) is 42.7 Å². The topological polar surface area (TPSA) is 77.8 Å². The van der Waals surface area contributed by atoms with E-state index < -0.39 is 5.91 Å². The number of ether oxygens (including phenoxy) is 1. The second kappa shape index (κ2) is 6.80. The monoisotopic (exact) mass is 340 g/mol. The van der Waals surface area contributed by atoms with Crippen LogP contribution in [0.3, 0.4) is 0 Å². The molecule has 0 atom stereocenters. The number of rotatable bonds is 4. The Balaban J connectivity index is 2.25. The molecule has 0 saturated carbocycles. The molecule has 0 fully saturated rings. The summed E-state index contributed by atoms with van der Waals surface area (Å²) in [7, 11) is 1.56. The second-order valence-electron chi connectivity index (χ2n) is 5.02. The van der Waals surface area contributed by atoms with Crippen LogP contribution >= 0.6 is 11.8 Å². The largest absolute Gasteiger partial charge is 0.493 e. The molecule has 0 radical (unpaired) electrons. The molecular weight excluding hydrogens is 324 g/mol. The highest BCUT2D eigenvalue weighted by Crippen LogP contribution is 2.25. The molecule has 0 unspecified atom stereocenters. The van der Waals surface area contributed by atoms with Gasteiger partial charge in [-0.2, -0.15) is 0 Å². The van der Waals surface area contributed by atoms with Crippen LogP contribution in [0.15, 0.2) is 62.8 Å². The molecule has 6 heteroatoms. The van der Waals surface area contributed by atoms with Crippen molar-refractivity contribution >= 4 is 34.3 Å². The SMILES string of the molecule is COc1cccc2cc(C(N)=O)c(=Nc3ccc(SC)cc3)oc12. The van der Waals surface area contributed by atoms with Gasteiger partial charge >= 0.3 is 0 Å². The highest BCUT2D eigenvalue weighted by Gasteiger charge is 2.12. The first-order valence-corrected chi connectivity index (χ1v) is 8.44. The average Bonchev–Trinajstić information content (AvgIpc) is 2.61. The molecule has 1 amide bonds. The molecule has 122 valence electrons. The van der Waals surface area contributed by atoms with Gasteiger partial charge in [0.15, 0.2) is 11.3 Å². The number of primary amides is 1. The average molecular weight is 340 g/mol. The van der Waals surface area contributed by atoms with Gasteiger partial charge < -0.3 is 14.9 Å². The third-order valence-corrected chi connectivity index (χ3v) is 4.27. The maximum atomic E-state index is 11.8. The van der Waals surface area contributed by atoms with Gasteiger partial charge in [0.1, 0.15) is 5.56 Å². The van der Waals surface area contributed by atoms with Gasteiger partial charge in [-0.25, -0.2) is 4.99 Å². The van der Waals surface area contributed by atoms with E-state index in [-0.39, 0.29) is 11.1 Å². The molecular formula is C18H16N2O3S. The van der Waals surface area contributed by atoms with Crippen molar-refractivity contribution < 1.29 is 13.9 Å².